The maximum absolute atomic E-state index is 8.95. The average Bonchev–Trinajstić information content (AvgIpc) is 2.30. The summed E-state index contributed by atoms with van der Waals surface area (Å²) in [6.45, 7) is 0.0711. The zero-order valence-corrected chi connectivity index (χ0v) is 10.9. The van der Waals surface area contributed by atoms with E-state index in [1.165, 1.54) is 5.56 Å². The molecule has 4 heteroatoms. The van der Waals surface area contributed by atoms with E-state index in [0.29, 0.717) is 0 Å². The summed E-state index contributed by atoms with van der Waals surface area (Å²) < 4.78 is 6.07. The van der Waals surface area contributed by atoms with Gasteiger partial charge in [-0.1, -0.05) is 6.07 Å². The molecule has 0 aliphatic carbocycles. The van der Waals surface area contributed by atoms with Gasteiger partial charge >= 0.3 is 0 Å². The summed E-state index contributed by atoms with van der Waals surface area (Å²) in [7, 11) is 1.63. The summed E-state index contributed by atoms with van der Waals surface area (Å²) in [5.41, 5.74) is 1.17. The van der Waals surface area contributed by atoms with Gasteiger partial charge in [0.1, 0.15) is 5.75 Å². The zero-order valence-electron chi connectivity index (χ0n) is 9.32. The van der Waals surface area contributed by atoms with Gasteiger partial charge in [-0.05, 0) is 46.5 Å². The van der Waals surface area contributed by atoms with Gasteiger partial charge in [0.05, 0.1) is 11.6 Å². The number of hydrogen-bond donors (Lipinski definition) is 2. The molecule has 0 aliphatic heterocycles. The third kappa shape index (κ3) is 3.77. The Bertz CT molecular complexity index is 324. The summed E-state index contributed by atoms with van der Waals surface area (Å²) in [6, 6.07) is 5.91. The lowest BCUT2D eigenvalue weighted by molar-refractivity contribution is 0.144. The van der Waals surface area contributed by atoms with Crippen LogP contribution in [-0.4, -0.2) is 30.5 Å². The molecule has 0 aliphatic rings. The van der Waals surface area contributed by atoms with E-state index >= 15 is 0 Å². The van der Waals surface area contributed by atoms with Crippen LogP contribution in [-0.2, 0) is 6.42 Å². The molecule has 0 radical (unpaired) electrons. The fourth-order valence-corrected chi connectivity index (χ4v) is 2.06. The van der Waals surface area contributed by atoms with Gasteiger partial charge in [0, 0.05) is 19.1 Å². The van der Waals surface area contributed by atoms with Crippen molar-refractivity contribution in [2.75, 3.05) is 20.3 Å². The molecule has 0 amide bonds. The second-order valence-corrected chi connectivity index (χ2v) is 4.59. The summed E-state index contributed by atoms with van der Waals surface area (Å²) in [6.07, 6.45) is 1.63. The van der Waals surface area contributed by atoms with E-state index in [9.17, 15) is 0 Å². The molecule has 3 nitrogen and oxygen atoms in total. The largest absolute Gasteiger partial charge is 0.496 e. The molecule has 0 saturated carbocycles. The van der Waals surface area contributed by atoms with Crippen LogP contribution in [0, 0.1) is 5.92 Å². The van der Waals surface area contributed by atoms with Crippen molar-refractivity contribution < 1.29 is 14.9 Å². The lowest BCUT2D eigenvalue weighted by Crippen LogP contribution is -2.11. The Morgan fingerprint density at radius 1 is 1.31 bits per heavy atom. The van der Waals surface area contributed by atoms with Crippen LogP contribution < -0.4 is 4.74 Å². The average molecular weight is 289 g/mol. The van der Waals surface area contributed by atoms with Crippen LogP contribution in [0.15, 0.2) is 22.7 Å². The number of aryl methyl sites for hydroxylation is 1. The molecule has 1 aromatic carbocycles. The molecule has 1 rings (SSSR count). The van der Waals surface area contributed by atoms with E-state index in [1.54, 1.807) is 7.11 Å². The molecule has 90 valence electrons. The Balaban J connectivity index is 2.58. The van der Waals surface area contributed by atoms with Crippen molar-refractivity contribution in [3.05, 3.63) is 28.2 Å². The molecule has 0 fully saturated rings. The van der Waals surface area contributed by atoms with Gasteiger partial charge in [0.15, 0.2) is 0 Å². The lowest BCUT2D eigenvalue weighted by atomic mass is 10.0. The maximum Gasteiger partial charge on any atom is 0.133 e. The molecule has 0 bridgehead atoms. The van der Waals surface area contributed by atoms with Crippen LogP contribution in [0.4, 0.5) is 0 Å². The quantitative estimate of drug-likeness (QED) is 0.842. The van der Waals surface area contributed by atoms with E-state index in [4.69, 9.17) is 14.9 Å². The summed E-state index contributed by atoms with van der Waals surface area (Å²) in [4.78, 5) is 0. The predicted octanol–water partition coefficient (Wildman–Crippen LogP) is 1.99. The Labute approximate surface area is 104 Å². The number of ether oxygens (including phenoxy) is 1. The number of hydrogen-bond acceptors (Lipinski definition) is 3. The monoisotopic (exact) mass is 288 g/mol. The minimum Gasteiger partial charge on any atom is -0.496 e. The van der Waals surface area contributed by atoms with E-state index in [0.717, 1.165) is 23.1 Å². The normalized spacial score (nSPS) is 10.8. The minimum atomic E-state index is -0.0270. The van der Waals surface area contributed by atoms with E-state index in [2.05, 4.69) is 15.9 Å². The molecule has 0 atom stereocenters. The first-order valence-corrected chi connectivity index (χ1v) is 6.04. The van der Waals surface area contributed by atoms with Gasteiger partial charge in [0.25, 0.3) is 0 Å². The van der Waals surface area contributed by atoms with Crippen LogP contribution in [0.3, 0.4) is 0 Å². The van der Waals surface area contributed by atoms with Gasteiger partial charge in [-0.2, -0.15) is 0 Å². The molecular weight excluding hydrogens is 272 g/mol. The molecular formula is C12H17BrO3. The first-order chi connectivity index (χ1) is 7.71. The van der Waals surface area contributed by atoms with Crippen LogP contribution >= 0.6 is 15.9 Å². The van der Waals surface area contributed by atoms with Crippen LogP contribution in [0.1, 0.15) is 12.0 Å². The fraction of sp³-hybridized carbons (Fsp3) is 0.500. The molecule has 16 heavy (non-hydrogen) atoms. The van der Waals surface area contributed by atoms with Gasteiger partial charge in [0.2, 0.25) is 0 Å². The standard InChI is InChI=1S/C12H17BrO3/c1-16-12-5-4-9(6-11(12)13)2-3-10(7-14)8-15/h4-6,10,14-15H,2-3,7-8H2,1H3. The minimum absolute atomic E-state index is 0.0270. The zero-order chi connectivity index (χ0) is 12.0. The highest BCUT2D eigenvalue weighted by molar-refractivity contribution is 9.10. The molecule has 0 unspecified atom stereocenters. The van der Waals surface area contributed by atoms with Crippen molar-refractivity contribution in [3.63, 3.8) is 0 Å². The summed E-state index contributed by atoms with van der Waals surface area (Å²) >= 11 is 3.42. The van der Waals surface area contributed by atoms with Crippen molar-refractivity contribution in [3.8, 4) is 5.75 Å². The number of aliphatic hydroxyl groups is 2. The van der Waals surface area contributed by atoms with Crippen LogP contribution in [0.25, 0.3) is 0 Å². The van der Waals surface area contributed by atoms with Gasteiger partial charge in [-0.25, -0.2) is 0 Å². The maximum atomic E-state index is 8.95. The number of rotatable bonds is 6. The predicted molar refractivity (Wildman–Crippen MR) is 66.7 cm³/mol. The van der Waals surface area contributed by atoms with E-state index < -0.39 is 0 Å². The molecule has 0 aromatic heterocycles. The number of benzene rings is 1. The van der Waals surface area contributed by atoms with Gasteiger partial charge in [-0.15, -0.1) is 0 Å². The van der Waals surface area contributed by atoms with Crippen LogP contribution in [0.2, 0.25) is 0 Å². The summed E-state index contributed by atoms with van der Waals surface area (Å²) in [5.74, 6) is 0.783. The lowest BCUT2D eigenvalue weighted by Gasteiger charge is -2.11. The SMILES string of the molecule is COc1ccc(CCC(CO)CO)cc1Br. The smallest absolute Gasteiger partial charge is 0.133 e. The van der Waals surface area contributed by atoms with Crippen LogP contribution in [0.5, 0.6) is 5.75 Å². The number of halogens is 1. The van der Waals surface area contributed by atoms with Gasteiger partial charge in [-0.3, -0.25) is 0 Å². The topological polar surface area (TPSA) is 49.7 Å². The molecule has 0 spiro atoms. The highest BCUT2D eigenvalue weighted by Gasteiger charge is 2.07. The van der Waals surface area contributed by atoms with E-state index in [1.807, 2.05) is 18.2 Å². The van der Waals surface area contributed by atoms with Gasteiger partial charge < -0.3 is 14.9 Å². The fourth-order valence-electron chi connectivity index (χ4n) is 1.48. The highest BCUT2D eigenvalue weighted by atomic mass is 79.9. The van der Waals surface area contributed by atoms with Crippen molar-refractivity contribution in [2.45, 2.75) is 12.8 Å². The Kier molecular flexibility index (Phi) is 5.80. The van der Waals surface area contributed by atoms with Crippen molar-refractivity contribution in [1.29, 1.82) is 0 Å². The molecule has 0 saturated heterocycles. The first-order valence-electron chi connectivity index (χ1n) is 5.25. The number of methoxy groups -OCH3 is 1. The van der Waals surface area contributed by atoms with Crippen molar-refractivity contribution >= 4 is 15.9 Å². The second-order valence-electron chi connectivity index (χ2n) is 3.74. The third-order valence-corrected chi connectivity index (χ3v) is 3.19. The van der Waals surface area contributed by atoms with Crippen molar-refractivity contribution in [2.24, 2.45) is 5.92 Å². The number of aliphatic hydroxyl groups excluding tert-OH is 2. The first kappa shape index (κ1) is 13.5. The Morgan fingerprint density at radius 3 is 2.50 bits per heavy atom. The second kappa shape index (κ2) is 6.89. The van der Waals surface area contributed by atoms with Crippen molar-refractivity contribution in [1.82, 2.24) is 0 Å². The summed E-state index contributed by atoms with van der Waals surface area (Å²) in [5, 5.41) is 17.9. The molecule has 0 heterocycles. The van der Waals surface area contributed by atoms with E-state index in [-0.39, 0.29) is 19.1 Å². The third-order valence-electron chi connectivity index (χ3n) is 2.57. The highest BCUT2D eigenvalue weighted by Crippen LogP contribution is 2.26. The molecule has 2 N–H and O–H groups in total. The Hall–Kier alpha value is -0.580. The molecule has 1 aromatic rings. The Morgan fingerprint density at radius 2 is 2.00 bits per heavy atom.